The average Bonchev–Trinajstić information content (AvgIpc) is 2.18. The second-order valence-electron chi connectivity index (χ2n) is 3.80. The number of hydrogen-bond acceptors (Lipinski definition) is 2. The largest absolute Gasteiger partial charge is 0.326 e. The van der Waals surface area contributed by atoms with Crippen molar-refractivity contribution in [3.8, 4) is 0 Å². The van der Waals surface area contributed by atoms with Crippen molar-refractivity contribution < 1.29 is 4.79 Å². The molecule has 82 valence electrons. The first-order valence-electron chi connectivity index (χ1n) is 5.14. The molecule has 0 aromatic heterocycles. The predicted octanol–water partition coefficient (Wildman–Crippen LogP) is 3.07. The molecule has 0 saturated heterocycles. The maximum atomic E-state index is 11.3. The van der Waals surface area contributed by atoms with Gasteiger partial charge in [-0.05, 0) is 29.4 Å². The minimum absolute atomic E-state index is 0.0194. The first-order valence-corrected chi connectivity index (χ1v) is 5.77. The third-order valence-electron chi connectivity index (χ3n) is 2.18. The van der Waals surface area contributed by atoms with Crippen molar-refractivity contribution >= 4 is 24.2 Å². The highest BCUT2D eigenvalue weighted by Gasteiger charge is 2.03. The molecular formula is C12H17NOS. The van der Waals surface area contributed by atoms with Crippen molar-refractivity contribution in [1.29, 1.82) is 0 Å². The molecule has 0 aliphatic heterocycles. The third-order valence-corrected chi connectivity index (χ3v) is 2.40. The van der Waals surface area contributed by atoms with Gasteiger partial charge in [-0.25, -0.2) is 0 Å². The van der Waals surface area contributed by atoms with E-state index in [2.05, 4.69) is 37.9 Å². The molecule has 1 N–H and O–H groups in total. The van der Waals surface area contributed by atoms with Gasteiger partial charge in [0.25, 0.3) is 0 Å². The average molecular weight is 223 g/mol. The number of hydrogen-bond donors (Lipinski definition) is 2. The third kappa shape index (κ3) is 3.96. The van der Waals surface area contributed by atoms with Crippen LogP contribution in [0.1, 0.15) is 31.7 Å². The zero-order chi connectivity index (χ0) is 11.3. The zero-order valence-electron chi connectivity index (χ0n) is 9.16. The van der Waals surface area contributed by atoms with Crippen molar-refractivity contribution in [3.63, 3.8) is 0 Å². The van der Waals surface area contributed by atoms with Gasteiger partial charge in [-0.15, -0.1) is 0 Å². The highest BCUT2D eigenvalue weighted by Crippen LogP contribution is 2.18. The Labute approximate surface area is 96.5 Å². The van der Waals surface area contributed by atoms with Crippen LogP contribution < -0.4 is 5.32 Å². The Hall–Kier alpha value is -0.960. The van der Waals surface area contributed by atoms with Crippen LogP contribution in [0.25, 0.3) is 0 Å². The molecule has 0 aliphatic rings. The lowest BCUT2D eigenvalue weighted by Crippen LogP contribution is -2.11. The van der Waals surface area contributed by atoms with E-state index in [1.807, 2.05) is 18.2 Å². The lowest BCUT2D eigenvalue weighted by molar-refractivity contribution is -0.115. The van der Waals surface area contributed by atoms with Gasteiger partial charge in [0.05, 0.1) is 0 Å². The maximum Gasteiger partial charge on any atom is 0.225 e. The second kappa shape index (κ2) is 5.81. The summed E-state index contributed by atoms with van der Waals surface area (Å²) >= 11 is 4.02. The van der Waals surface area contributed by atoms with E-state index in [0.717, 1.165) is 5.69 Å². The Balaban J connectivity index is 2.69. The molecule has 0 spiro atoms. The van der Waals surface area contributed by atoms with Gasteiger partial charge < -0.3 is 5.32 Å². The Morgan fingerprint density at radius 2 is 2.20 bits per heavy atom. The number of anilines is 1. The van der Waals surface area contributed by atoms with Crippen LogP contribution in [0.5, 0.6) is 0 Å². The molecule has 1 aromatic rings. The van der Waals surface area contributed by atoms with Gasteiger partial charge in [-0.2, -0.15) is 12.6 Å². The van der Waals surface area contributed by atoms with E-state index in [9.17, 15) is 4.79 Å². The highest BCUT2D eigenvalue weighted by atomic mass is 32.1. The lowest BCUT2D eigenvalue weighted by Gasteiger charge is -2.09. The quantitative estimate of drug-likeness (QED) is 0.755. The molecule has 0 heterocycles. The summed E-state index contributed by atoms with van der Waals surface area (Å²) in [5, 5.41) is 2.85. The fraction of sp³-hybridized carbons (Fsp3) is 0.417. The van der Waals surface area contributed by atoms with E-state index >= 15 is 0 Å². The summed E-state index contributed by atoms with van der Waals surface area (Å²) < 4.78 is 0. The highest BCUT2D eigenvalue weighted by molar-refractivity contribution is 7.80. The second-order valence-corrected chi connectivity index (χ2v) is 4.25. The Morgan fingerprint density at radius 3 is 2.80 bits per heavy atom. The van der Waals surface area contributed by atoms with Crippen LogP contribution in [0, 0.1) is 0 Å². The zero-order valence-corrected chi connectivity index (χ0v) is 10.1. The van der Waals surface area contributed by atoms with E-state index < -0.39 is 0 Å². The molecule has 0 radical (unpaired) electrons. The van der Waals surface area contributed by atoms with E-state index in [0.29, 0.717) is 18.1 Å². The molecule has 0 unspecified atom stereocenters. The summed E-state index contributed by atoms with van der Waals surface area (Å²) in [5.41, 5.74) is 2.10. The molecule has 0 atom stereocenters. The Morgan fingerprint density at radius 1 is 1.47 bits per heavy atom. The topological polar surface area (TPSA) is 29.1 Å². The molecule has 0 bridgehead atoms. The van der Waals surface area contributed by atoms with Crippen molar-refractivity contribution in [2.24, 2.45) is 0 Å². The van der Waals surface area contributed by atoms with E-state index in [4.69, 9.17) is 0 Å². The first-order chi connectivity index (χ1) is 7.13. The summed E-state index contributed by atoms with van der Waals surface area (Å²) in [6.45, 7) is 4.27. The normalized spacial score (nSPS) is 10.4. The molecule has 3 heteroatoms. The van der Waals surface area contributed by atoms with Crippen LogP contribution in [0.4, 0.5) is 5.69 Å². The monoisotopic (exact) mass is 223 g/mol. The molecule has 1 amide bonds. The first kappa shape index (κ1) is 12.1. The van der Waals surface area contributed by atoms with Crippen LogP contribution in [0.3, 0.4) is 0 Å². The lowest BCUT2D eigenvalue weighted by atomic mass is 10.0. The molecule has 0 aliphatic carbocycles. The molecular weight excluding hydrogens is 206 g/mol. The Bertz CT molecular complexity index is 336. The van der Waals surface area contributed by atoms with Gasteiger partial charge in [0.15, 0.2) is 0 Å². The molecule has 15 heavy (non-hydrogen) atoms. The molecule has 1 rings (SSSR count). The smallest absolute Gasteiger partial charge is 0.225 e. The van der Waals surface area contributed by atoms with Gasteiger partial charge in [-0.3, -0.25) is 4.79 Å². The van der Waals surface area contributed by atoms with Crippen molar-refractivity contribution in [3.05, 3.63) is 29.8 Å². The van der Waals surface area contributed by atoms with Crippen molar-refractivity contribution in [1.82, 2.24) is 0 Å². The molecule has 2 nitrogen and oxygen atoms in total. The van der Waals surface area contributed by atoms with Gasteiger partial charge >= 0.3 is 0 Å². The number of amides is 1. The fourth-order valence-corrected chi connectivity index (χ4v) is 1.50. The maximum absolute atomic E-state index is 11.3. The minimum Gasteiger partial charge on any atom is -0.326 e. The van der Waals surface area contributed by atoms with E-state index in [1.54, 1.807) is 0 Å². The van der Waals surface area contributed by atoms with Crippen LogP contribution in [-0.4, -0.2) is 11.7 Å². The van der Waals surface area contributed by atoms with Crippen LogP contribution in [-0.2, 0) is 4.79 Å². The van der Waals surface area contributed by atoms with Gasteiger partial charge in [-0.1, -0.05) is 26.0 Å². The van der Waals surface area contributed by atoms with Gasteiger partial charge in [0, 0.05) is 12.1 Å². The number of carbonyl (C=O) groups is 1. The minimum atomic E-state index is 0.0194. The standard InChI is InChI=1S/C12H17NOS/c1-9(2)10-4-3-5-11(8-10)13-12(14)6-7-15/h3-5,8-9,15H,6-7H2,1-2H3,(H,13,14). The summed E-state index contributed by atoms with van der Waals surface area (Å²) in [6, 6.07) is 7.95. The molecule has 1 aromatic carbocycles. The van der Waals surface area contributed by atoms with Crippen LogP contribution >= 0.6 is 12.6 Å². The van der Waals surface area contributed by atoms with Crippen molar-refractivity contribution in [2.45, 2.75) is 26.2 Å². The Kier molecular flexibility index (Phi) is 4.69. The summed E-state index contributed by atoms with van der Waals surface area (Å²) in [5.74, 6) is 1.08. The number of benzene rings is 1. The molecule has 0 saturated carbocycles. The predicted molar refractivity (Wildman–Crippen MR) is 67.6 cm³/mol. The van der Waals surface area contributed by atoms with Gasteiger partial charge in [0.2, 0.25) is 5.91 Å². The summed E-state index contributed by atoms with van der Waals surface area (Å²) in [7, 11) is 0. The SMILES string of the molecule is CC(C)c1cccc(NC(=O)CCS)c1. The number of carbonyl (C=O) groups excluding carboxylic acids is 1. The van der Waals surface area contributed by atoms with E-state index in [-0.39, 0.29) is 5.91 Å². The summed E-state index contributed by atoms with van der Waals surface area (Å²) in [6.07, 6.45) is 0.453. The fourth-order valence-electron chi connectivity index (χ4n) is 1.30. The van der Waals surface area contributed by atoms with Crippen LogP contribution in [0.15, 0.2) is 24.3 Å². The van der Waals surface area contributed by atoms with Crippen LogP contribution in [0.2, 0.25) is 0 Å². The molecule has 0 fully saturated rings. The van der Waals surface area contributed by atoms with E-state index in [1.165, 1.54) is 5.56 Å². The van der Waals surface area contributed by atoms with Crippen molar-refractivity contribution in [2.75, 3.05) is 11.1 Å². The number of nitrogens with one attached hydrogen (secondary N) is 1. The number of rotatable bonds is 4. The summed E-state index contributed by atoms with van der Waals surface area (Å²) in [4.78, 5) is 11.3. The number of thiol groups is 1. The van der Waals surface area contributed by atoms with Gasteiger partial charge in [0.1, 0.15) is 0 Å².